The number of aryl methyl sites for hydroxylation is 1. The van der Waals surface area contributed by atoms with Crippen molar-refractivity contribution in [3.05, 3.63) is 59.7 Å². The maximum atomic E-state index is 9.54. The highest BCUT2D eigenvalue weighted by Gasteiger charge is 2.24. The van der Waals surface area contributed by atoms with Crippen LogP contribution in [-0.4, -0.2) is 12.6 Å². The second kappa shape index (κ2) is 6.32. The number of hydrogen-bond acceptors (Lipinski definition) is 3. The second-order valence-electron chi connectivity index (χ2n) is 5.46. The highest BCUT2D eigenvalue weighted by molar-refractivity contribution is 5.50. The summed E-state index contributed by atoms with van der Waals surface area (Å²) >= 11 is 0. The first-order chi connectivity index (χ1) is 10.0. The zero-order valence-electron chi connectivity index (χ0n) is 12.7. The summed E-state index contributed by atoms with van der Waals surface area (Å²) in [7, 11) is 1.65. The Morgan fingerprint density at radius 1 is 1.19 bits per heavy atom. The lowest BCUT2D eigenvalue weighted by Crippen LogP contribution is -2.35. The quantitative estimate of drug-likeness (QED) is 0.902. The van der Waals surface area contributed by atoms with E-state index >= 15 is 0 Å². The van der Waals surface area contributed by atoms with Gasteiger partial charge in [-0.25, -0.2) is 0 Å². The van der Waals surface area contributed by atoms with Gasteiger partial charge in [-0.1, -0.05) is 24.3 Å². The van der Waals surface area contributed by atoms with Crippen molar-refractivity contribution < 1.29 is 4.74 Å². The van der Waals surface area contributed by atoms with Crippen LogP contribution in [0.3, 0.4) is 0 Å². The van der Waals surface area contributed by atoms with E-state index in [1.807, 2.05) is 62.4 Å². The van der Waals surface area contributed by atoms with Crippen LogP contribution in [0, 0.1) is 18.3 Å². The number of benzene rings is 2. The number of nitriles is 1. The zero-order chi connectivity index (χ0) is 15.3. The van der Waals surface area contributed by atoms with Crippen molar-refractivity contribution in [2.45, 2.75) is 25.8 Å². The number of hydrogen-bond donors (Lipinski definition) is 1. The fourth-order valence-corrected chi connectivity index (χ4v) is 2.30. The molecule has 0 radical (unpaired) electrons. The normalized spacial score (nSPS) is 13.0. The molecule has 2 aromatic carbocycles. The molecule has 0 aliphatic carbocycles. The van der Waals surface area contributed by atoms with Gasteiger partial charge in [0.25, 0.3) is 0 Å². The van der Waals surface area contributed by atoms with E-state index in [-0.39, 0.29) is 0 Å². The van der Waals surface area contributed by atoms with Crippen LogP contribution in [0.2, 0.25) is 0 Å². The molecule has 1 atom stereocenters. The minimum absolute atomic E-state index is 0.626. The lowest BCUT2D eigenvalue weighted by atomic mass is 9.93. The summed E-state index contributed by atoms with van der Waals surface area (Å²) in [5.41, 5.74) is 2.58. The van der Waals surface area contributed by atoms with Crippen molar-refractivity contribution in [2.24, 2.45) is 0 Å². The van der Waals surface area contributed by atoms with Gasteiger partial charge in [0.1, 0.15) is 11.3 Å². The molecule has 3 heteroatoms. The molecule has 0 saturated carbocycles. The number of anilines is 1. The van der Waals surface area contributed by atoms with Crippen LogP contribution in [0.5, 0.6) is 5.75 Å². The average Bonchev–Trinajstić information content (AvgIpc) is 2.48. The van der Waals surface area contributed by atoms with E-state index in [4.69, 9.17) is 4.74 Å². The predicted octanol–water partition coefficient (Wildman–Crippen LogP) is 3.94. The smallest absolute Gasteiger partial charge is 0.126 e. The summed E-state index contributed by atoms with van der Waals surface area (Å²) in [6, 6.07) is 18.3. The molecular formula is C18H20N2O. The monoisotopic (exact) mass is 280 g/mol. The van der Waals surface area contributed by atoms with Crippen molar-refractivity contribution in [3.8, 4) is 11.8 Å². The van der Waals surface area contributed by atoms with Crippen LogP contribution in [0.15, 0.2) is 48.5 Å². The van der Waals surface area contributed by atoms with Gasteiger partial charge in [0.2, 0.25) is 0 Å². The third-order valence-electron chi connectivity index (χ3n) is 3.40. The molecule has 0 amide bonds. The van der Waals surface area contributed by atoms with E-state index in [0.29, 0.717) is 6.42 Å². The van der Waals surface area contributed by atoms with Crippen LogP contribution >= 0.6 is 0 Å². The standard InChI is InChI=1S/C18H20N2O/c1-14-5-4-6-16(11-14)20-18(2,13-19)12-15-7-9-17(21-3)10-8-15/h4-11,20H,12H2,1-3H3. The Hall–Kier alpha value is -2.47. The van der Waals surface area contributed by atoms with E-state index in [1.54, 1.807) is 7.11 Å². The molecule has 0 bridgehead atoms. The van der Waals surface area contributed by atoms with Gasteiger partial charge in [0.15, 0.2) is 0 Å². The van der Waals surface area contributed by atoms with E-state index < -0.39 is 5.54 Å². The molecule has 1 N–H and O–H groups in total. The second-order valence-corrected chi connectivity index (χ2v) is 5.46. The van der Waals surface area contributed by atoms with Gasteiger partial charge in [-0.15, -0.1) is 0 Å². The molecule has 3 nitrogen and oxygen atoms in total. The lowest BCUT2D eigenvalue weighted by molar-refractivity contribution is 0.414. The highest BCUT2D eigenvalue weighted by atomic mass is 16.5. The summed E-state index contributed by atoms with van der Waals surface area (Å²) in [6.07, 6.45) is 0.626. The van der Waals surface area contributed by atoms with E-state index in [2.05, 4.69) is 11.4 Å². The SMILES string of the molecule is COc1ccc(CC(C)(C#N)Nc2cccc(C)c2)cc1. The number of rotatable bonds is 5. The molecule has 0 aliphatic heterocycles. The molecular weight excluding hydrogens is 260 g/mol. The molecule has 0 spiro atoms. The van der Waals surface area contributed by atoms with Crippen molar-refractivity contribution in [1.29, 1.82) is 5.26 Å². The Balaban J connectivity index is 2.15. The van der Waals surface area contributed by atoms with E-state index in [9.17, 15) is 5.26 Å². The van der Waals surface area contributed by atoms with Crippen molar-refractivity contribution in [2.75, 3.05) is 12.4 Å². The summed E-state index contributed by atoms with van der Waals surface area (Å²) in [5.74, 6) is 0.823. The first kappa shape index (κ1) is 14.9. The zero-order valence-corrected chi connectivity index (χ0v) is 12.7. The summed E-state index contributed by atoms with van der Waals surface area (Å²) in [6.45, 7) is 3.96. The Kier molecular flexibility index (Phi) is 4.49. The van der Waals surface area contributed by atoms with Crippen molar-refractivity contribution >= 4 is 5.69 Å². The third kappa shape index (κ3) is 4.00. The topological polar surface area (TPSA) is 45.0 Å². The molecule has 2 aromatic rings. The first-order valence-corrected chi connectivity index (χ1v) is 6.94. The van der Waals surface area contributed by atoms with Crippen molar-refractivity contribution in [1.82, 2.24) is 0 Å². The summed E-state index contributed by atoms with van der Waals surface area (Å²) in [4.78, 5) is 0. The molecule has 0 aromatic heterocycles. The average molecular weight is 280 g/mol. The molecule has 0 aliphatic rings. The number of ether oxygens (including phenoxy) is 1. The molecule has 2 rings (SSSR count). The van der Waals surface area contributed by atoms with E-state index in [1.165, 1.54) is 5.56 Å². The van der Waals surface area contributed by atoms with Crippen LogP contribution in [0.1, 0.15) is 18.1 Å². The van der Waals surface area contributed by atoms with Gasteiger partial charge >= 0.3 is 0 Å². The molecule has 21 heavy (non-hydrogen) atoms. The fraction of sp³-hybridized carbons (Fsp3) is 0.278. The summed E-state index contributed by atoms with van der Waals surface area (Å²) < 4.78 is 5.15. The number of nitrogens with zero attached hydrogens (tertiary/aromatic N) is 1. The van der Waals surface area contributed by atoms with Crippen LogP contribution in [0.4, 0.5) is 5.69 Å². The third-order valence-corrected chi connectivity index (χ3v) is 3.40. The first-order valence-electron chi connectivity index (χ1n) is 6.94. The Morgan fingerprint density at radius 2 is 1.90 bits per heavy atom. The van der Waals surface area contributed by atoms with Gasteiger partial charge in [-0.05, 0) is 49.2 Å². The fourth-order valence-electron chi connectivity index (χ4n) is 2.30. The minimum atomic E-state index is -0.650. The Morgan fingerprint density at radius 3 is 2.48 bits per heavy atom. The molecule has 0 fully saturated rings. The van der Waals surface area contributed by atoms with E-state index in [0.717, 1.165) is 17.0 Å². The largest absolute Gasteiger partial charge is 0.497 e. The van der Waals surface area contributed by atoms with Gasteiger partial charge in [-0.2, -0.15) is 5.26 Å². The Labute approximate surface area is 126 Å². The molecule has 0 heterocycles. The Bertz CT molecular complexity index is 643. The van der Waals surface area contributed by atoms with Gasteiger partial charge in [0, 0.05) is 12.1 Å². The maximum absolute atomic E-state index is 9.54. The lowest BCUT2D eigenvalue weighted by Gasteiger charge is -2.25. The summed E-state index contributed by atoms with van der Waals surface area (Å²) in [5, 5.41) is 12.9. The van der Waals surface area contributed by atoms with Crippen LogP contribution in [0.25, 0.3) is 0 Å². The molecule has 1 unspecified atom stereocenters. The molecule has 0 saturated heterocycles. The maximum Gasteiger partial charge on any atom is 0.126 e. The minimum Gasteiger partial charge on any atom is -0.497 e. The van der Waals surface area contributed by atoms with Crippen LogP contribution in [-0.2, 0) is 6.42 Å². The van der Waals surface area contributed by atoms with Gasteiger partial charge in [0.05, 0.1) is 13.2 Å². The predicted molar refractivity (Wildman–Crippen MR) is 85.5 cm³/mol. The highest BCUT2D eigenvalue weighted by Crippen LogP contribution is 2.21. The van der Waals surface area contributed by atoms with Gasteiger partial charge in [-0.3, -0.25) is 0 Å². The molecule has 108 valence electrons. The number of methoxy groups -OCH3 is 1. The van der Waals surface area contributed by atoms with Gasteiger partial charge < -0.3 is 10.1 Å². The number of nitrogens with one attached hydrogen (secondary N) is 1. The van der Waals surface area contributed by atoms with Crippen LogP contribution < -0.4 is 10.1 Å². The van der Waals surface area contributed by atoms with Crippen molar-refractivity contribution in [3.63, 3.8) is 0 Å².